The van der Waals surface area contributed by atoms with Gasteiger partial charge in [0.1, 0.15) is 23.3 Å². The van der Waals surface area contributed by atoms with Crippen molar-refractivity contribution in [2.75, 3.05) is 32.6 Å². The zero-order valence-electron chi connectivity index (χ0n) is 20.4. The Morgan fingerprint density at radius 2 is 1.94 bits per heavy atom. The lowest BCUT2D eigenvalue weighted by Crippen LogP contribution is -2.45. The molecule has 0 aliphatic carbocycles. The zero-order valence-corrected chi connectivity index (χ0v) is 20.4. The second-order valence-electron chi connectivity index (χ2n) is 8.81. The van der Waals surface area contributed by atoms with Crippen LogP contribution < -0.4 is 14.8 Å². The Morgan fingerprint density at radius 1 is 1.11 bits per heavy atom. The van der Waals surface area contributed by atoms with Gasteiger partial charge in [-0.2, -0.15) is 5.10 Å². The van der Waals surface area contributed by atoms with E-state index in [4.69, 9.17) is 9.47 Å². The van der Waals surface area contributed by atoms with E-state index in [2.05, 4.69) is 31.4 Å². The number of likely N-dealkylation sites (tertiary alicyclic amines) is 1. The number of ether oxygens (including phenoxy) is 2. The SMILES string of the molecule is COc1ccc(C=N[C@@H]2CCN(Cc3ccn4ncnc(Nc5cccc(OC)c5)c34)C[C@H]2O)cc1. The summed E-state index contributed by atoms with van der Waals surface area (Å²) in [6.45, 7) is 2.07. The first kappa shape index (κ1) is 23.8. The second-order valence-corrected chi connectivity index (χ2v) is 8.81. The number of nitrogens with one attached hydrogen (secondary N) is 1. The molecular weight excluding hydrogens is 456 g/mol. The van der Waals surface area contributed by atoms with Gasteiger partial charge in [0.25, 0.3) is 0 Å². The number of hydrogen-bond donors (Lipinski definition) is 2. The number of aliphatic hydroxyl groups excluding tert-OH is 1. The highest BCUT2D eigenvalue weighted by molar-refractivity contribution is 5.80. The third-order valence-corrected chi connectivity index (χ3v) is 6.43. The number of benzene rings is 2. The molecule has 4 aromatic rings. The number of fused-ring (bicyclic) bond motifs is 1. The van der Waals surface area contributed by atoms with Gasteiger partial charge in [0.2, 0.25) is 0 Å². The van der Waals surface area contributed by atoms with E-state index in [1.165, 1.54) is 6.33 Å². The minimum atomic E-state index is -0.534. The van der Waals surface area contributed by atoms with Crippen molar-refractivity contribution in [3.63, 3.8) is 0 Å². The molecule has 0 saturated carbocycles. The summed E-state index contributed by atoms with van der Waals surface area (Å²) in [5, 5.41) is 18.6. The van der Waals surface area contributed by atoms with E-state index in [9.17, 15) is 5.11 Å². The van der Waals surface area contributed by atoms with E-state index in [0.717, 1.165) is 52.6 Å². The van der Waals surface area contributed by atoms with E-state index in [0.29, 0.717) is 13.1 Å². The zero-order chi connectivity index (χ0) is 24.9. The number of nitrogens with zero attached hydrogens (tertiary/aromatic N) is 5. The van der Waals surface area contributed by atoms with Gasteiger partial charge in [0.15, 0.2) is 5.82 Å². The summed E-state index contributed by atoms with van der Waals surface area (Å²) < 4.78 is 12.4. The Morgan fingerprint density at radius 3 is 2.72 bits per heavy atom. The predicted molar refractivity (Wildman–Crippen MR) is 140 cm³/mol. The van der Waals surface area contributed by atoms with Gasteiger partial charge in [0.05, 0.1) is 26.4 Å². The molecule has 0 amide bonds. The topological polar surface area (TPSA) is 96.5 Å². The van der Waals surface area contributed by atoms with Gasteiger partial charge in [-0.05, 0) is 60.0 Å². The maximum atomic E-state index is 10.8. The van der Waals surface area contributed by atoms with Crippen LogP contribution in [-0.2, 0) is 6.54 Å². The summed E-state index contributed by atoms with van der Waals surface area (Å²) in [6, 6.07) is 17.4. The molecule has 1 fully saturated rings. The Hall–Kier alpha value is -3.95. The highest BCUT2D eigenvalue weighted by atomic mass is 16.5. The van der Waals surface area contributed by atoms with Crippen LogP contribution in [0.25, 0.3) is 5.52 Å². The lowest BCUT2D eigenvalue weighted by Gasteiger charge is -2.34. The average molecular weight is 487 g/mol. The van der Waals surface area contributed by atoms with E-state index in [1.807, 2.05) is 65.5 Å². The summed E-state index contributed by atoms with van der Waals surface area (Å²) in [5.74, 6) is 2.30. The molecule has 0 bridgehead atoms. The van der Waals surface area contributed by atoms with E-state index < -0.39 is 6.10 Å². The Balaban J connectivity index is 1.26. The highest BCUT2D eigenvalue weighted by Gasteiger charge is 2.27. The van der Waals surface area contributed by atoms with Crippen molar-refractivity contribution >= 4 is 23.2 Å². The van der Waals surface area contributed by atoms with Gasteiger partial charge >= 0.3 is 0 Å². The number of aliphatic hydroxyl groups is 1. The van der Waals surface area contributed by atoms with E-state index in [1.54, 1.807) is 14.2 Å². The molecule has 0 spiro atoms. The second kappa shape index (κ2) is 10.8. The van der Waals surface area contributed by atoms with Crippen LogP contribution in [0.4, 0.5) is 11.5 Å². The third kappa shape index (κ3) is 5.32. The summed E-state index contributed by atoms with van der Waals surface area (Å²) in [6.07, 6.45) is 5.55. The van der Waals surface area contributed by atoms with Crippen molar-refractivity contribution in [3.8, 4) is 11.5 Å². The van der Waals surface area contributed by atoms with Crippen molar-refractivity contribution in [2.45, 2.75) is 25.1 Å². The van der Waals surface area contributed by atoms with Crippen LogP contribution >= 0.6 is 0 Å². The first-order valence-electron chi connectivity index (χ1n) is 11.9. The average Bonchev–Trinajstić information content (AvgIpc) is 3.32. The van der Waals surface area contributed by atoms with Crippen LogP contribution in [0, 0.1) is 0 Å². The van der Waals surface area contributed by atoms with Gasteiger partial charge in [-0.25, -0.2) is 9.50 Å². The monoisotopic (exact) mass is 486 g/mol. The number of β-amino-alcohol motifs (C(OH)–C–C–N with tert-alkyl or cyclic N) is 1. The van der Waals surface area contributed by atoms with Crippen molar-refractivity contribution < 1.29 is 14.6 Å². The maximum absolute atomic E-state index is 10.8. The Labute approximate surface area is 210 Å². The number of methoxy groups -OCH3 is 2. The number of hydrogen-bond acceptors (Lipinski definition) is 8. The molecule has 0 radical (unpaired) electrons. The van der Waals surface area contributed by atoms with Crippen LogP contribution in [0.2, 0.25) is 0 Å². The molecule has 5 rings (SSSR count). The van der Waals surface area contributed by atoms with Crippen molar-refractivity contribution in [1.82, 2.24) is 19.5 Å². The summed E-state index contributed by atoms with van der Waals surface area (Å²) in [7, 11) is 3.30. The predicted octanol–water partition coefficient (Wildman–Crippen LogP) is 3.54. The normalized spacial score (nSPS) is 18.5. The number of aliphatic imine (C=N–C) groups is 1. The van der Waals surface area contributed by atoms with Crippen molar-refractivity contribution in [1.29, 1.82) is 0 Å². The standard InChI is InChI=1S/C27H30N6O3/c1-35-22-8-6-19(7-9-22)15-28-24-11-12-32(17-25(24)34)16-20-10-13-33-26(20)27(29-18-30-33)31-21-4-3-5-23(14-21)36-2/h3-10,13-15,18,24-25,34H,11-12,16-17H2,1-2H3,(H,29,30,31)/t24-,25-/m1/s1. The van der Waals surface area contributed by atoms with Crippen molar-refractivity contribution in [2.24, 2.45) is 4.99 Å². The fraction of sp³-hybridized carbons (Fsp3) is 0.296. The van der Waals surface area contributed by atoms with Crippen LogP contribution in [0.1, 0.15) is 17.5 Å². The van der Waals surface area contributed by atoms with Crippen LogP contribution in [0.3, 0.4) is 0 Å². The maximum Gasteiger partial charge on any atom is 0.158 e. The Bertz CT molecular complexity index is 1340. The minimum Gasteiger partial charge on any atom is -0.497 e. The molecule has 36 heavy (non-hydrogen) atoms. The first-order chi connectivity index (χ1) is 17.6. The van der Waals surface area contributed by atoms with Crippen molar-refractivity contribution in [3.05, 3.63) is 78.2 Å². The highest BCUT2D eigenvalue weighted by Crippen LogP contribution is 2.27. The summed E-state index contributed by atoms with van der Waals surface area (Å²) >= 11 is 0. The summed E-state index contributed by atoms with van der Waals surface area (Å²) in [4.78, 5) is 11.4. The van der Waals surface area contributed by atoms with Gasteiger partial charge < -0.3 is 19.9 Å². The minimum absolute atomic E-state index is 0.122. The Kier molecular flexibility index (Phi) is 7.11. The third-order valence-electron chi connectivity index (χ3n) is 6.43. The quantitative estimate of drug-likeness (QED) is 0.368. The molecule has 1 saturated heterocycles. The van der Waals surface area contributed by atoms with Gasteiger partial charge in [-0.3, -0.25) is 9.89 Å². The first-order valence-corrected chi connectivity index (χ1v) is 11.9. The molecule has 2 aromatic heterocycles. The lowest BCUT2D eigenvalue weighted by atomic mass is 10.0. The van der Waals surface area contributed by atoms with Gasteiger partial charge in [-0.1, -0.05) is 6.07 Å². The van der Waals surface area contributed by atoms with E-state index >= 15 is 0 Å². The molecule has 9 heteroatoms. The fourth-order valence-electron chi connectivity index (χ4n) is 4.49. The van der Waals surface area contributed by atoms with Gasteiger partial charge in [0, 0.05) is 43.8 Å². The van der Waals surface area contributed by atoms with Gasteiger partial charge in [-0.15, -0.1) is 0 Å². The van der Waals surface area contributed by atoms with Crippen LogP contribution in [0.15, 0.2) is 72.1 Å². The van der Waals surface area contributed by atoms with E-state index in [-0.39, 0.29) is 6.04 Å². The molecule has 2 N–H and O–H groups in total. The molecular formula is C27H30N6O3. The molecule has 3 heterocycles. The molecule has 9 nitrogen and oxygen atoms in total. The van der Waals surface area contributed by atoms with Crippen LogP contribution in [-0.4, -0.2) is 70.3 Å². The lowest BCUT2D eigenvalue weighted by molar-refractivity contribution is 0.0511. The number of anilines is 2. The number of aromatic nitrogens is 3. The molecule has 2 atom stereocenters. The smallest absolute Gasteiger partial charge is 0.158 e. The number of piperidine rings is 1. The molecule has 1 aliphatic rings. The summed E-state index contributed by atoms with van der Waals surface area (Å²) in [5.41, 5.74) is 3.87. The molecule has 0 unspecified atom stereocenters. The molecule has 186 valence electrons. The molecule has 2 aromatic carbocycles. The largest absolute Gasteiger partial charge is 0.497 e. The van der Waals surface area contributed by atoms with Crippen LogP contribution in [0.5, 0.6) is 11.5 Å². The fourth-order valence-corrected chi connectivity index (χ4v) is 4.49. The molecule has 1 aliphatic heterocycles. The number of rotatable bonds is 8.